The van der Waals surface area contributed by atoms with E-state index in [0.717, 1.165) is 29.7 Å². The van der Waals surface area contributed by atoms with E-state index < -0.39 is 32.0 Å². The Morgan fingerprint density at radius 1 is 0.969 bits per heavy atom. The Labute approximate surface area is 183 Å². The zero-order chi connectivity index (χ0) is 24.3. The van der Waals surface area contributed by atoms with Crippen LogP contribution in [-0.4, -0.2) is 40.0 Å². The third-order valence-corrected chi connectivity index (χ3v) is 5.59. The van der Waals surface area contributed by atoms with E-state index in [1.165, 1.54) is 24.3 Å². The molecule has 0 saturated heterocycles. The van der Waals surface area contributed by atoms with Gasteiger partial charge in [0.05, 0.1) is 29.6 Å². The summed E-state index contributed by atoms with van der Waals surface area (Å²) in [5.74, 6) is 0. The Morgan fingerprint density at radius 3 is 1.88 bits per heavy atom. The summed E-state index contributed by atoms with van der Waals surface area (Å²) in [7, 11) is -5.94. The quantitative estimate of drug-likeness (QED) is 0.560. The molecule has 2 N–H and O–H groups in total. The molecule has 0 unspecified atom stereocenters. The van der Waals surface area contributed by atoms with Crippen LogP contribution >= 0.6 is 0 Å². The number of hydrogen-bond acceptors (Lipinski definition) is 6. The van der Waals surface area contributed by atoms with Crippen molar-refractivity contribution < 1.29 is 34.2 Å². The first kappa shape index (κ1) is 25.5. The highest BCUT2D eigenvalue weighted by atomic mass is 32.2. The lowest BCUT2D eigenvalue weighted by Crippen LogP contribution is -2.12. The Morgan fingerprint density at radius 2 is 1.47 bits per heavy atom. The number of hydrogen-bond donors (Lipinski definition) is 1. The van der Waals surface area contributed by atoms with Gasteiger partial charge in [0.25, 0.3) is 10.1 Å². The first-order chi connectivity index (χ1) is 14.6. The number of rotatable bonds is 4. The Kier molecular flexibility index (Phi) is 7.50. The molecule has 13 heteroatoms. The van der Waals surface area contributed by atoms with Gasteiger partial charge in [-0.2, -0.15) is 26.7 Å². The molecule has 0 spiro atoms. The molecule has 32 heavy (non-hydrogen) atoms. The van der Waals surface area contributed by atoms with Gasteiger partial charge in [-0.05, 0) is 37.3 Å². The molecule has 0 radical (unpaired) electrons. The number of aromatic nitrogens is 2. The van der Waals surface area contributed by atoms with Crippen molar-refractivity contribution in [2.45, 2.75) is 18.0 Å². The van der Waals surface area contributed by atoms with Crippen LogP contribution in [0.5, 0.6) is 0 Å². The Hall–Kier alpha value is -2.74. The van der Waals surface area contributed by atoms with Gasteiger partial charge < -0.3 is 0 Å². The fraction of sp³-hybridized carbons (Fsp3) is 0.211. The summed E-state index contributed by atoms with van der Waals surface area (Å²) in [6.45, 7) is 1.87. The predicted molar refractivity (Wildman–Crippen MR) is 112 cm³/mol. The molecule has 0 atom stereocenters. The van der Waals surface area contributed by atoms with Crippen molar-refractivity contribution in [1.82, 2.24) is 9.78 Å². The van der Waals surface area contributed by atoms with Crippen LogP contribution in [0.15, 0.2) is 59.5 Å². The molecule has 8 nitrogen and oxygen atoms in total. The van der Waals surface area contributed by atoms with E-state index in [0.29, 0.717) is 5.56 Å². The second-order valence-corrected chi connectivity index (χ2v) is 9.90. The highest BCUT2D eigenvalue weighted by molar-refractivity contribution is 7.89. The van der Waals surface area contributed by atoms with Gasteiger partial charge in [0.2, 0.25) is 10.0 Å². The van der Waals surface area contributed by atoms with Crippen molar-refractivity contribution in [3.8, 4) is 16.9 Å². The van der Waals surface area contributed by atoms with Crippen LogP contribution in [-0.2, 0) is 30.5 Å². The average Bonchev–Trinajstić information content (AvgIpc) is 3.14. The smallest absolute Gasteiger partial charge is 0.274 e. The molecule has 0 amide bonds. The monoisotopic (exact) mass is 491 g/mol. The standard InChI is InChI=1S/C17H14F3N3O2S.C2H6O3S/c1-11-2-4-12(5-3-11)15-10-16(17(18,19)20)22-23(15)13-6-8-14(9-7-13)26(21,24)25;1-5-6(2,3)4/h2-10H,1H3,(H2,21,24,25);1-2H3. The summed E-state index contributed by atoms with van der Waals surface area (Å²) in [6.07, 6.45) is -3.61. The molecule has 0 bridgehead atoms. The van der Waals surface area contributed by atoms with Gasteiger partial charge in [0.1, 0.15) is 0 Å². The number of sulfonamides is 1. The molecule has 2 aromatic carbocycles. The third kappa shape index (κ3) is 6.88. The molecule has 1 heterocycles. The first-order valence-corrected chi connectivity index (χ1v) is 12.1. The fourth-order valence-electron chi connectivity index (χ4n) is 2.42. The van der Waals surface area contributed by atoms with E-state index in [9.17, 15) is 30.0 Å². The molecule has 0 aliphatic rings. The summed E-state index contributed by atoms with van der Waals surface area (Å²) < 4.78 is 86.7. The summed E-state index contributed by atoms with van der Waals surface area (Å²) in [5, 5.41) is 8.70. The average molecular weight is 492 g/mol. The van der Waals surface area contributed by atoms with Gasteiger partial charge in [-0.25, -0.2) is 18.2 Å². The number of aryl methyl sites for hydroxylation is 1. The third-order valence-electron chi connectivity index (χ3n) is 4.06. The van der Waals surface area contributed by atoms with Crippen LogP contribution < -0.4 is 5.14 Å². The molecule has 174 valence electrons. The lowest BCUT2D eigenvalue weighted by molar-refractivity contribution is -0.141. The van der Waals surface area contributed by atoms with Crippen molar-refractivity contribution in [3.63, 3.8) is 0 Å². The molecule has 3 rings (SSSR count). The molecule has 0 fully saturated rings. The zero-order valence-corrected chi connectivity index (χ0v) is 18.8. The number of benzene rings is 2. The highest BCUT2D eigenvalue weighted by Gasteiger charge is 2.35. The van der Waals surface area contributed by atoms with Gasteiger partial charge in [0, 0.05) is 5.56 Å². The minimum absolute atomic E-state index is 0.138. The van der Waals surface area contributed by atoms with Crippen molar-refractivity contribution in [2.24, 2.45) is 5.14 Å². The van der Waals surface area contributed by atoms with Crippen molar-refractivity contribution in [1.29, 1.82) is 0 Å². The SMILES string of the molecule is COS(C)(=O)=O.Cc1ccc(-c2cc(C(F)(F)F)nn2-c2ccc(S(N)(=O)=O)cc2)cc1. The summed E-state index contributed by atoms with van der Waals surface area (Å²) in [4.78, 5) is -0.138. The number of halogens is 3. The van der Waals surface area contributed by atoms with E-state index >= 15 is 0 Å². The van der Waals surface area contributed by atoms with Gasteiger partial charge in [-0.3, -0.25) is 4.18 Å². The summed E-state index contributed by atoms with van der Waals surface area (Å²) >= 11 is 0. The largest absolute Gasteiger partial charge is 0.435 e. The lowest BCUT2D eigenvalue weighted by atomic mass is 10.1. The van der Waals surface area contributed by atoms with Gasteiger partial charge in [-0.1, -0.05) is 29.8 Å². The van der Waals surface area contributed by atoms with E-state index in [-0.39, 0.29) is 16.3 Å². The van der Waals surface area contributed by atoms with Crippen LogP contribution in [0.2, 0.25) is 0 Å². The second-order valence-electron chi connectivity index (χ2n) is 6.60. The van der Waals surface area contributed by atoms with Crippen molar-refractivity contribution in [2.75, 3.05) is 13.4 Å². The van der Waals surface area contributed by atoms with Crippen LogP contribution in [0.25, 0.3) is 16.9 Å². The second kappa shape index (κ2) is 9.40. The Balaban J connectivity index is 0.000000534. The van der Waals surface area contributed by atoms with Crippen LogP contribution in [0.3, 0.4) is 0 Å². The van der Waals surface area contributed by atoms with Crippen molar-refractivity contribution >= 4 is 20.1 Å². The van der Waals surface area contributed by atoms with E-state index in [4.69, 9.17) is 5.14 Å². The molecule has 0 aliphatic heterocycles. The minimum Gasteiger partial charge on any atom is -0.274 e. The molecular weight excluding hydrogens is 471 g/mol. The number of nitrogens with zero attached hydrogens (tertiary/aromatic N) is 2. The van der Waals surface area contributed by atoms with Crippen molar-refractivity contribution in [3.05, 3.63) is 65.9 Å². The topological polar surface area (TPSA) is 121 Å². The maximum absolute atomic E-state index is 13.1. The van der Waals surface area contributed by atoms with E-state index in [1.807, 2.05) is 6.92 Å². The highest BCUT2D eigenvalue weighted by Crippen LogP contribution is 2.33. The molecule has 3 aromatic rings. The zero-order valence-electron chi connectivity index (χ0n) is 17.2. The van der Waals surface area contributed by atoms with Crippen LogP contribution in [0.4, 0.5) is 13.2 Å². The maximum atomic E-state index is 13.1. The molecule has 0 saturated carbocycles. The first-order valence-electron chi connectivity index (χ1n) is 8.75. The molecular formula is C19H20F3N3O5S2. The normalized spacial score (nSPS) is 12.2. The predicted octanol–water partition coefficient (Wildman–Crippen LogP) is 3.11. The van der Waals surface area contributed by atoms with E-state index in [2.05, 4.69) is 9.28 Å². The summed E-state index contributed by atoms with van der Waals surface area (Å²) in [5.41, 5.74) is 0.996. The van der Waals surface area contributed by atoms with Gasteiger partial charge >= 0.3 is 6.18 Å². The number of primary sulfonamides is 1. The van der Waals surface area contributed by atoms with Gasteiger partial charge in [0.15, 0.2) is 5.69 Å². The lowest BCUT2D eigenvalue weighted by Gasteiger charge is -2.09. The molecule has 1 aromatic heterocycles. The fourth-order valence-corrected chi connectivity index (χ4v) is 2.94. The van der Waals surface area contributed by atoms with Crippen LogP contribution in [0.1, 0.15) is 11.3 Å². The number of nitrogens with two attached hydrogens (primary N) is 1. The molecule has 0 aliphatic carbocycles. The number of alkyl halides is 3. The van der Waals surface area contributed by atoms with E-state index in [1.54, 1.807) is 24.3 Å². The Bertz CT molecular complexity index is 1280. The summed E-state index contributed by atoms with van der Waals surface area (Å²) in [6, 6.07) is 13.1. The van der Waals surface area contributed by atoms with Gasteiger partial charge in [-0.15, -0.1) is 0 Å². The van der Waals surface area contributed by atoms with Crippen LogP contribution in [0, 0.1) is 6.92 Å². The maximum Gasteiger partial charge on any atom is 0.435 e. The minimum atomic E-state index is -4.61.